The number of carboxylic acids is 1. The Hall–Kier alpha value is -1.59. The van der Waals surface area contributed by atoms with Crippen LogP contribution < -0.4 is 10.1 Å². The van der Waals surface area contributed by atoms with Gasteiger partial charge in [-0.3, -0.25) is 4.79 Å². The Kier molecular flexibility index (Phi) is 6.48. The van der Waals surface area contributed by atoms with E-state index < -0.39 is 12.0 Å². The molecule has 0 radical (unpaired) electrons. The Morgan fingerprint density at radius 1 is 1.45 bits per heavy atom. The summed E-state index contributed by atoms with van der Waals surface area (Å²) < 4.78 is 5.34. The highest BCUT2D eigenvalue weighted by Gasteiger charge is 2.20. The molecule has 1 rings (SSSR count). The van der Waals surface area contributed by atoms with Gasteiger partial charge >= 0.3 is 5.97 Å². The number of nitrogens with zero attached hydrogens (tertiary/aromatic N) is 1. The number of carboxylic acid groups (broad SMARTS) is 1. The molecule has 0 saturated heterocycles. The van der Waals surface area contributed by atoms with Gasteiger partial charge in [0.2, 0.25) is 0 Å². The molecule has 2 N–H and O–H groups in total. The summed E-state index contributed by atoms with van der Waals surface area (Å²) in [5.74, 6) is 0.0417. The number of hydrogen-bond donors (Lipinski definition) is 2. The van der Waals surface area contributed by atoms with E-state index in [9.17, 15) is 4.79 Å². The zero-order valence-corrected chi connectivity index (χ0v) is 12.6. The van der Waals surface area contributed by atoms with Crippen LogP contribution in [-0.4, -0.2) is 55.8 Å². The second-order valence-electron chi connectivity index (χ2n) is 4.98. The van der Waals surface area contributed by atoms with Crippen molar-refractivity contribution in [1.29, 1.82) is 0 Å². The predicted molar refractivity (Wildman–Crippen MR) is 79.3 cm³/mol. The first-order valence-corrected chi connectivity index (χ1v) is 6.71. The van der Waals surface area contributed by atoms with Crippen LogP contribution in [0.3, 0.4) is 0 Å². The first kappa shape index (κ1) is 16.5. The fourth-order valence-corrected chi connectivity index (χ4v) is 2.11. The van der Waals surface area contributed by atoms with Gasteiger partial charge in [-0.25, -0.2) is 0 Å². The Balaban J connectivity index is 2.65. The SMILES string of the molecule is CNC(CN(C)C(C)Cc1ccccc1OC)C(=O)O. The van der Waals surface area contributed by atoms with Crippen LogP contribution in [0.4, 0.5) is 0 Å². The second-order valence-corrected chi connectivity index (χ2v) is 4.98. The van der Waals surface area contributed by atoms with Crippen molar-refractivity contribution in [3.05, 3.63) is 29.8 Å². The first-order chi connectivity index (χ1) is 9.49. The summed E-state index contributed by atoms with van der Waals surface area (Å²) in [5.41, 5.74) is 1.13. The number of para-hydroxylation sites is 1. The number of aliphatic carboxylic acids is 1. The Bertz CT molecular complexity index is 437. The highest BCUT2D eigenvalue weighted by Crippen LogP contribution is 2.20. The van der Waals surface area contributed by atoms with E-state index in [4.69, 9.17) is 9.84 Å². The molecule has 0 bridgehead atoms. The van der Waals surface area contributed by atoms with Gasteiger partial charge in [-0.1, -0.05) is 18.2 Å². The topological polar surface area (TPSA) is 61.8 Å². The quantitative estimate of drug-likeness (QED) is 0.750. The monoisotopic (exact) mass is 280 g/mol. The van der Waals surface area contributed by atoms with Gasteiger partial charge in [-0.05, 0) is 39.1 Å². The van der Waals surface area contributed by atoms with E-state index in [1.54, 1.807) is 14.2 Å². The van der Waals surface area contributed by atoms with Crippen molar-refractivity contribution in [2.24, 2.45) is 0 Å². The van der Waals surface area contributed by atoms with Crippen LogP contribution in [0.15, 0.2) is 24.3 Å². The molecule has 20 heavy (non-hydrogen) atoms. The summed E-state index contributed by atoms with van der Waals surface area (Å²) in [6, 6.07) is 7.57. The number of methoxy groups -OCH3 is 1. The maximum absolute atomic E-state index is 11.0. The normalized spacial score (nSPS) is 14.1. The summed E-state index contributed by atoms with van der Waals surface area (Å²) in [6.07, 6.45) is 0.816. The molecule has 0 fully saturated rings. The van der Waals surface area contributed by atoms with Crippen molar-refractivity contribution in [3.63, 3.8) is 0 Å². The molecule has 0 heterocycles. The van der Waals surface area contributed by atoms with Gasteiger partial charge in [0.1, 0.15) is 11.8 Å². The lowest BCUT2D eigenvalue weighted by Crippen LogP contribution is -2.46. The van der Waals surface area contributed by atoms with E-state index in [0.29, 0.717) is 6.54 Å². The molecular weight excluding hydrogens is 256 g/mol. The van der Waals surface area contributed by atoms with Gasteiger partial charge in [0, 0.05) is 12.6 Å². The minimum absolute atomic E-state index is 0.224. The smallest absolute Gasteiger partial charge is 0.322 e. The molecule has 1 aromatic rings. The van der Waals surface area contributed by atoms with Crippen LogP contribution in [0.1, 0.15) is 12.5 Å². The third-order valence-corrected chi connectivity index (χ3v) is 3.58. The van der Waals surface area contributed by atoms with Crippen molar-refractivity contribution < 1.29 is 14.6 Å². The average Bonchev–Trinajstić information content (AvgIpc) is 2.44. The second kappa shape index (κ2) is 7.87. The number of benzene rings is 1. The van der Waals surface area contributed by atoms with E-state index >= 15 is 0 Å². The number of hydrogen-bond acceptors (Lipinski definition) is 4. The van der Waals surface area contributed by atoms with Crippen molar-refractivity contribution in [2.45, 2.75) is 25.4 Å². The maximum Gasteiger partial charge on any atom is 0.322 e. The number of ether oxygens (including phenoxy) is 1. The van der Waals surface area contributed by atoms with Crippen LogP contribution in [0.5, 0.6) is 5.75 Å². The third-order valence-electron chi connectivity index (χ3n) is 3.58. The van der Waals surface area contributed by atoms with Crippen LogP contribution in [-0.2, 0) is 11.2 Å². The van der Waals surface area contributed by atoms with Gasteiger partial charge in [0.15, 0.2) is 0 Å². The van der Waals surface area contributed by atoms with Gasteiger partial charge in [-0.2, -0.15) is 0 Å². The van der Waals surface area contributed by atoms with Crippen LogP contribution >= 0.6 is 0 Å². The van der Waals surface area contributed by atoms with E-state index in [1.165, 1.54) is 0 Å². The lowest BCUT2D eigenvalue weighted by atomic mass is 10.0. The molecule has 5 heteroatoms. The summed E-state index contributed by atoms with van der Waals surface area (Å²) in [7, 11) is 5.26. The number of carbonyl (C=O) groups is 1. The molecule has 112 valence electrons. The summed E-state index contributed by atoms with van der Waals surface area (Å²) >= 11 is 0. The van der Waals surface area contributed by atoms with Crippen LogP contribution in [0.25, 0.3) is 0 Å². The summed E-state index contributed by atoms with van der Waals surface area (Å²) in [5, 5.41) is 11.9. The van der Waals surface area contributed by atoms with E-state index in [0.717, 1.165) is 17.7 Å². The molecule has 0 aliphatic rings. The van der Waals surface area contributed by atoms with Crippen LogP contribution in [0.2, 0.25) is 0 Å². The molecule has 5 nitrogen and oxygen atoms in total. The van der Waals surface area contributed by atoms with Crippen molar-refractivity contribution >= 4 is 5.97 Å². The molecule has 1 aromatic carbocycles. The summed E-state index contributed by atoms with van der Waals surface area (Å²) in [6.45, 7) is 2.54. The van der Waals surface area contributed by atoms with E-state index in [2.05, 4.69) is 12.2 Å². The number of likely N-dealkylation sites (N-methyl/N-ethyl adjacent to an activating group) is 2. The van der Waals surface area contributed by atoms with Crippen molar-refractivity contribution in [1.82, 2.24) is 10.2 Å². The number of rotatable bonds is 8. The molecular formula is C15H24N2O3. The zero-order chi connectivity index (χ0) is 15.1. The fraction of sp³-hybridized carbons (Fsp3) is 0.533. The lowest BCUT2D eigenvalue weighted by Gasteiger charge is -2.27. The van der Waals surface area contributed by atoms with Gasteiger partial charge in [0.05, 0.1) is 7.11 Å². The molecule has 0 spiro atoms. The Morgan fingerprint density at radius 3 is 2.65 bits per heavy atom. The molecule has 0 amide bonds. The lowest BCUT2D eigenvalue weighted by molar-refractivity contribution is -0.139. The average molecular weight is 280 g/mol. The molecule has 2 atom stereocenters. The molecule has 0 aliphatic heterocycles. The first-order valence-electron chi connectivity index (χ1n) is 6.71. The molecule has 0 aliphatic carbocycles. The minimum Gasteiger partial charge on any atom is -0.496 e. The summed E-state index contributed by atoms with van der Waals surface area (Å²) in [4.78, 5) is 13.1. The molecule has 0 aromatic heterocycles. The van der Waals surface area contributed by atoms with E-state index in [1.807, 2.05) is 36.2 Å². The minimum atomic E-state index is -0.830. The Morgan fingerprint density at radius 2 is 2.10 bits per heavy atom. The van der Waals surface area contributed by atoms with Crippen molar-refractivity contribution in [2.75, 3.05) is 27.7 Å². The molecule has 2 unspecified atom stereocenters. The van der Waals surface area contributed by atoms with E-state index in [-0.39, 0.29) is 6.04 Å². The van der Waals surface area contributed by atoms with Crippen molar-refractivity contribution in [3.8, 4) is 5.75 Å². The zero-order valence-electron chi connectivity index (χ0n) is 12.6. The third kappa shape index (κ3) is 4.51. The van der Waals surface area contributed by atoms with Gasteiger partial charge in [-0.15, -0.1) is 0 Å². The maximum atomic E-state index is 11.0. The number of nitrogens with one attached hydrogen (secondary N) is 1. The van der Waals surface area contributed by atoms with Crippen LogP contribution in [0, 0.1) is 0 Å². The van der Waals surface area contributed by atoms with Gasteiger partial charge in [0.25, 0.3) is 0 Å². The predicted octanol–water partition coefficient (Wildman–Crippen LogP) is 1.23. The highest BCUT2D eigenvalue weighted by molar-refractivity contribution is 5.73. The Labute approximate surface area is 120 Å². The highest BCUT2D eigenvalue weighted by atomic mass is 16.5. The van der Waals surface area contributed by atoms with Gasteiger partial charge < -0.3 is 20.1 Å². The largest absolute Gasteiger partial charge is 0.496 e. The standard InChI is InChI=1S/C15H24N2O3/c1-11(17(3)10-13(16-2)15(18)19)9-12-7-5-6-8-14(12)20-4/h5-8,11,13,16H,9-10H2,1-4H3,(H,18,19). The molecule has 0 saturated carbocycles. The fourth-order valence-electron chi connectivity index (χ4n) is 2.11.